The van der Waals surface area contributed by atoms with Crippen LogP contribution in [-0.4, -0.2) is 0 Å². The van der Waals surface area contributed by atoms with Crippen molar-refractivity contribution < 1.29 is 0 Å². The second-order valence-corrected chi connectivity index (χ2v) is 3.70. The zero-order chi connectivity index (χ0) is 11.1. The molecule has 15 heavy (non-hydrogen) atoms. The maximum atomic E-state index is 8.63. The van der Waals surface area contributed by atoms with Crippen LogP contribution in [0.2, 0.25) is 0 Å². The third-order valence-corrected chi connectivity index (χ3v) is 2.24. The Morgan fingerprint density at radius 3 is 2.73 bits per heavy atom. The summed E-state index contributed by atoms with van der Waals surface area (Å²) < 4.78 is 0. The van der Waals surface area contributed by atoms with E-state index >= 15 is 0 Å². The van der Waals surface area contributed by atoms with Crippen LogP contribution in [0.1, 0.15) is 25.3 Å². The summed E-state index contributed by atoms with van der Waals surface area (Å²) in [7, 11) is 0. The third-order valence-electron chi connectivity index (χ3n) is 2.24. The summed E-state index contributed by atoms with van der Waals surface area (Å²) in [4.78, 5) is 0. The molecule has 0 heterocycles. The van der Waals surface area contributed by atoms with E-state index in [2.05, 4.69) is 6.07 Å². The zero-order valence-electron chi connectivity index (χ0n) is 8.98. The van der Waals surface area contributed by atoms with Gasteiger partial charge >= 0.3 is 0 Å². The van der Waals surface area contributed by atoms with Crippen molar-refractivity contribution in [1.29, 1.82) is 5.26 Å². The molecule has 0 saturated carbocycles. The van der Waals surface area contributed by atoms with Crippen LogP contribution >= 0.6 is 0 Å². The molecule has 0 saturated heterocycles. The minimum Gasteiger partial charge on any atom is -0.402 e. The Morgan fingerprint density at radius 1 is 1.47 bits per heavy atom. The quantitative estimate of drug-likeness (QED) is 0.812. The molecular weight excluding hydrogens is 184 g/mol. The molecule has 2 nitrogen and oxygen atoms in total. The predicted octanol–water partition coefficient (Wildman–Crippen LogP) is 2.93. The van der Waals surface area contributed by atoms with E-state index in [1.807, 2.05) is 43.3 Å². The highest BCUT2D eigenvalue weighted by Gasteiger charge is 2.00. The Hall–Kier alpha value is -1.75. The maximum Gasteiger partial charge on any atom is 0.0652 e. The summed E-state index contributed by atoms with van der Waals surface area (Å²) in [5, 5.41) is 8.63. The van der Waals surface area contributed by atoms with E-state index in [-0.39, 0.29) is 5.92 Å². The van der Waals surface area contributed by atoms with Crippen LogP contribution in [0, 0.1) is 17.2 Å². The van der Waals surface area contributed by atoms with Crippen molar-refractivity contribution in [3.05, 3.63) is 41.6 Å². The fourth-order valence-corrected chi connectivity index (χ4v) is 1.28. The molecule has 1 atom stereocenters. The molecular formula is C13H16N2. The first-order valence-electron chi connectivity index (χ1n) is 5.13. The predicted molar refractivity (Wildman–Crippen MR) is 62.6 cm³/mol. The highest BCUT2D eigenvalue weighted by Crippen LogP contribution is 2.11. The van der Waals surface area contributed by atoms with Crippen molar-refractivity contribution in [2.45, 2.75) is 19.8 Å². The molecule has 1 rings (SSSR count). The smallest absolute Gasteiger partial charge is 0.0652 e. The summed E-state index contributed by atoms with van der Waals surface area (Å²) in [5.74, 6) is 0.0766. The number of hydrogen-bond acceptors (Lipinski definition) is 2. The number of nitrogens with two attached hydrogens (primary N) is 1. The van der Waals surface area contributed by atoms with Crippen molar-refractivity contribution in [3.63, 3.8) is 0 Å². The standard InChI is InChI=1S/C13H16N2/c1-11(10-14)7-8-13(15)9-12-5-3-2-4-6-12/h2-6,9,11H,7-8,15H2,1H3. The SMILES string of the molecule is CC(C#N)CCC(N)=Cc1ccccc1. The summed E-state index contributed by atoms with van der Waals surface area (Å²) in [6.45, 7) is 1.91. The molecule has 1 unspecified atom stereocenters. The van der Waals surface area contributed by atoms with E-state index in [0.29, 0.717) is 0 Å². The van der Waals surface area contributed by atoms with E-state index in [4.69, 9.17) is 11.0 Å². The molecule has 0 aliphatic carbocycles. The molecule has 0 bridgehead atoms. The molecule has 0 fully saturated rings. The molecule has 0 amide bonds. The Bertz CT molecular complexity index is 360. The van der Waals surface area contributed by atoms with Gasteiger partial charge in [0.2, 0.25) is 0 Å². The minimum absolute atomic E-state index is 0.0766. The fraction of sp³-hybridized carbons (Fsp3) is 0.308. The molecule has 0 aliphatic rings. The first-order chi connectivity index (χ1) is 7.22. The largest absolute Gasteiger partial charge is 0.402 e. The van der Waals surface area contributed by atoms with Gasteiger partial charge in [-0.25, -0.2) is 0 Å². The van der Waals surface area contributed by atoms with Crippen LogP contribution in [0.4, 0.5) is 0 Å². The van der Waals surface area contributed by atoms with Gasteiger partial charge in [0, 0.05) is 11.6 Å². The molecule has 1 aromatic carbocycles. The lowest BCUT2D eigenvalue weighted by atomic mass is 10.0. The molecule has 1 aromatic rings. The van der Waals surface area contributed by atoms with Crippen molar-refractivity contribution in [2.24, 2.45) is 11.7 Å². The Balaban J connectivity index is 2.51. The summed E-state index contributed by atoms with van der Waals surface area (Å²) in [5.41, 5.74) is 7.81. The van der Waals surface area contributed by atoms with Crippen LogP contribution < -0.4 is 5.73 Å². The lowest BCUT2D eigenvalue weighted by Crippen LogP contribution is -2.00. The van der Waals surface area contributed by atoms with Crippen LogP contribution in [0.3, 0.4) is 0 Å². The summed E-state index contributed by atoms with van der Waals surface area (Å²) >= 11 is 0. The Morgan fingerprint density at radius 2 is 2.13 bits per heavy atom. The molecule has 2 heteroatoms. The van der Waals surface area contributed by atoms with Crippen LogP contribution in [0.15, 0.2) is 36.0 Å². The van der Waals surface area contributed by atoms with Gasteiger partial charge in [-0.3, -0.25) is 0 Å². The average molecular weight is 200 g/mol. The van der Waals surface area contributed by atoms with Gasteiger partial charge in [-0.2, -0.15) is 5.26 Å². The lowest BCUT2D eigenvalue weighted by Gasteiger charge is -2.03. The molecule has 0 radical (unpaired) electrons. The first kappa shape index (κ1) is 11.3. The minimum atomic E-state index is 0.0766. The van der Waals surface area contributed by atoms with Gasteiger partial charge in [0.1, 0.15) is 0 Å². The highest BCUT2D eigenvalue weighted by atomic mass is 14.6. The number of nitriles is 1. The van der Waals surface area contributed by atoms with E-state index in [9.17, 15) is 0 Å². The first-order valence-corrected chi connectivity index (χ1v) is 5.13. The second kappa shape index (κ2) is 5.87. The second-order valence-electron chi connectivity index (χ2n) is 3.70. The van der Waals surface area contributed by atoms with E-state index < -0.39 is 0 Å². The van der Waals surface area contributed by atoms with E-state index in [0.717, 1.165) is 24.1 Å². The van der Waals surface area contributed by atoms with Gasteiger partial charge in [-0.05, 0) is 31.4 Å². The van der Waals surface area contributed by atoms with E-state index in [1.54, 1.807) is 0 Å². The van der Waals surface area contributed by atoms with Gasteiger partial charge in [-0.15, -0.1) is 0 Å². The summed E-state index contributed by atoms with van der Waals surface area (Å²) in [6.07, 6.45) is 3.57. The van der Waals surface area contributed by atoms with E-state index in [1.165, 1.54) is 0 Å². The summed E-state index contributed by atoms with van der Waals surface area (Å²) in [6, 6.07) is 12.2. The Kier molecular flexibility index (Phi) is 4.43. The number of rotatable bonds is 4. The zero-order valence-corrected chi connectivity index (χ0v) is 8.98. The molecule has 0 aliphatic heterocycles. The van der Waals surface area contributed by atoms with Crippen LogP contribution in [0.5, 0.6) is 0 Å². The highest BCUT2D eigenvalue weighted by molar-refractivity contribution is 5.51. The number of hydrogen-bond donors (Lipinski definition) is 1. The average Bonchev–Trinajstić information content (AvgIpc) is 2.27. The van der Waals surface area contributed by atoms with Gasteiger partial charge < -0.3 is 5.73 Å². The van der Waals surface area contributed by atoms with Gasteiger partial charge in [0.25, 0.3) is 0 Å². The van der Waals surface area contributed by atoms with Crippen molar-refractivity contribution in [2.75, 3.05) is 0 Å². The topological polar surface area (TPSA) is 49.8 Å². The van der Waals surface area contributed by atoms with Gasteiger partial charge in [0.15, 0.2) is 0 Å². The number of allylic oxidation sites excluding steroid dienone is 1. The molecule has 0 spiro atoms. The maximum absolute atomic E-state index is 8.63. The monoisotopic (exact) mass is 200 g/mol. The molecule has 2 N–H and O–H groups in total. The van der Waals surface area contributed by atoms with Crippen molar-refractivity contribution in [3.8, 4) is 6.07 Å². The number of nitrogens with zero attached hydrogens (tertiary/aromatic N) is 1. The van der Waals surface area contributed by atoms with Crippen molar-refractivity contribution >= 4 is 6.08 Å². The number of benzene rings is 1. The Labute approximate surface area is 91.0 Å². The molecule has 0 aromatic heterocycles. The molecule has 78 valence electrons. The third kappa shape index (κ3) is 4.33. The van der Waals surface area contributed by atoms with Crippen LogP contribution in [-0.2, 0) is 0 Å². The van der Waals surface area contributed by atoms with Crippen LogP contribution in [0.25, 0.3) is 6.08 Å². The lowest BCUT2D eigenvalue weighted by molar-refractivity contribution is 0.656. The fourth-order valence-electron chi connectivity index (χ4n) is 1.28. The van der Waals surface area contributed by atoms with Gasteiger partial charge in [-0.1, -0.05) is 30.3 Å². The van der Waals surface area contributed by atoms with Gasteiger partial charge in [0.05, 0.1) is 6.07 Å². The van der Waals surface area contributed by atoms with Crippen molar-refractivity contribution in [1.82, 2.24) is 0 Å². The normalized spacial score (nSPS) is 13.2.